The Kier molecular flexibility index (Phi) is 3.28. The number of benzene rings is 1. The van der Waals surface area contributed by atoms with E-state index in [9.17, 15) is 0 Å². The van der Waals surface area contributed by atoms with Crippen molar-refractivity contribution in [3.63, 3.8) is 0 Å². The lowest BCUT2D eigenvalue weighted by Gasteiger charge is -2.07. The molecule has 2 aromatic heterocycles. The average molecular weight is 289 g/mol. The molecule has 1 aromatic carbocycles. The maximum Gasteiger partial charge on any atom is 0.245 e. The van der Waals surface area contributed by atoms with Gasteiger partial charge in [-0.1, -0.05) is 12.1 Å². The van der Waals surface area contributed by atoms with E-state index in [1.54, 1.807) is 7.11 Å². The summed E-state index contributed by atoms with van der Waals surface area (Å²) in [6.07, 6.45) is 1.47. The summed E-state index contributed by atoms with van der Waals surface area (Å²) in [5.74, 6) is 1.45. The van der Waals surface area contributed by atoms with Crippen LogP contribution in [0.5, 0.6) is 5.88 Å². The predicted molar refractivity (Wildman–Crippen MR) is 77.5 cm³/mol. The molecule has 0 radical (unpaired) electrons. The number of halogens is 1. The first-order valence-corrected chi connectivity index (χ1v) is 6.67. The Hall–Kier alpha value is -2.14. The number of fused-ring (bicyclic) bond motifs is 1. The summed E-state index contributed by atoms with van der Waals surface area (Å²) in [4.78, 5) is 12.9. The number of hydrogen-bond acceptors (Lipinski definition) is 4. The van der Waals surface area contributed by atoms with E-state index >= 15 is 0 Å². The van der Waals surface area contributed by atoms with E-state index in [1.807, 2.05) is 29.7 Å². The van der Waals surface area contributed by atoms with Gasteiger partial charge in [0.15, 0.2) is 11.2 Å². The molecule has 0 aliphatic rings. The van der Waals surface area contributed by atoms with Gasteiger partial charge in [-0.05, 0) is 24.6 Å². The van der Waals surface area contributed by atoms with E-state index in [-0.39, 0.29) is 5.88 Å². The smallest absolute Gasteiger partial charge is 0.245 e. The van der Waals surface area contributed by atoms with Crippen LogP contribution >= 0.6 is 11.6 Å². The molecule has 0 saturated carbocycles. The molecule has 20 heavy (non-hydrogen) atoms. The fourth-order valence-corrected chi connectivity index (χ4v) is 2.37. The van der Waals surface area contributed by atoms with E-state index in [4.69, 9.17) is 16.3 Å². The van der Waals surface area contributed by atoms with Crippen molar-refractivity contribution in [1.29, 1.82) is 0 Å². The Morgan fingerprint density at radius 2 is 2.15 bits per heavy atom. The van der Waals surface area contributed by atoms with Gasteiger partial charge in [-0.3, -0.25) is 4.57 Å². The molecule has 0 fully saturated rings. The third kappa shape index (κ3) is 2.00. The lowest BCUT2D eigenvalue weighted by Crippen LogP contribution is -2.00. The molecule has 5 nitrogen and oxygen atoms in total. The van der Waals surface area contributed by atoms with E-state index in [2.05, 4.69) is 21.0 Å². The molecular weight excluding hydrogens is 276 g/mol. The van der Waals surface area contributed by atoms with Crippen molar-refractivity contribution in [2.24, 2.45) is 0 Å². The van der Waals surface area contributed by atoms with Gasteiger partial charge in [0.1, 0.15) is 12.2 Å². The molecule has 0 aliphatic heterocycles. The van der Waals surface area contributed by atoms with E-state index < -0.39 is 0 Å². The van der Waals surface area contributed by atoms with Crippen LogP contribution in [0.2, 0.25) is 0 Å². The molecular formula is C14H13ClN4O. The Morgan fingerprint density at radius 3 is 2.85 bits per heavy atom. The van der Waals surface area contributed by atoms with Gasteiger partial charge in [0.05, 0.1) is 13.0 Å². The summed E-state index contributed by atoms with van der Waals surface area (Å²) >= 11 is 6.02. The molecule has 3 aromatic rings. The second kappa shape index (κ2) is 5.09. The van der Waals surface area contributed by atoms with Crippen molar-refractivity contribution < 1.29 is 4.74 Å². The van der Waals surface area contributed by atoms with Crippen LogP contribution in [0.15, 0.2) is 30.6 Å². The first-order chi connectivity index (χ1) is 9.74. The summed E-state index contributed by atoms with van der Waals surface area (Å²) in [6.45, 7) is 2.04. The zero-order chi connectivity index (χ0) is 14.1. The van der Waals surface area contributed by atoms with Gasteiger partial charge in [-0.25, -0.2) is 9.97 Å². The fourth-order valence-electron chi connectivity index (χ4n) is 2.19. The topological polar surface area (TPSA) is 52.8 Å². The standard InChI is InChI=1S/C14H13ClN4O/c1-9-4-3-5-10(6-9)19-11(7-15)18-12-13(19)16-8-17-14(12)20-2/h3-6,8H,7H2,1-2H3. The second-order valence-corrected chi connectivity index (χ2v) is 4.66. The van der Waals surface area contributed by atoms with Crippen LogP contribution in [0.4, 0.5) is 0 Å². The maximum absolute atomic E-state index is 6.02. The molecule has 0 saturated heterocycles. The fraction of sp³-hybridized carbons (Fsp3) is 0.214. The molecule has 0 unspecified atom stereocenters. The van der Waals surface area contributed by atoms with Crippen LogP contribution in [-0.2, 0) is 5.88 Å². The second-order valence-electron chi connectivity index (χ2n) is 4.39. The molecule has 0 aliphatic carbocycles. The number of imidazole rings is 1. The van der Waals surface area contributed by atoms with Crippen LogP contribution < -0.4 is 4.74 Å². The van der Waals surface area contributed by atoms with Gasteiger partial charge < -0.3 is 4.74 Å². The number of aromatic nitrogens is 4. The Bertz CT molecular complexity index is 769. The van der Waals surface area contributed by atoms with E-state index in [0.29, 0.717) is 22.9 Å². The van der Waals surface area contributed by atoms with Gasteiger partial charge in [0.2, 0.25) is 5.88 Å². The molecule has 6 heteroatoms. The summed E-state index contributed by atoms with van der Waals surface area (Å²) in [5, 5.41) is 0. The Morgan fingerprint density at radius 1 is 1.30 bits per heavy atom. The summed E-state index contributed by atoms with van der Waals surface area (Å²) in [7, 11) is 1.56. The normalized spacial score (nSPS) is 10.9. The highest BCUT2D eigenvalue weighted by molar-refractivity contribution is 6.17. The minimum atomic E-state index is 0.285. The van der Waals surface area contributed by atoms with Gasteiger partial charge in [-0.15, -0.1) is 11.6 Å². The molecule has 0 atom stereocenters. The molecule has 2 heterocycles. The number of methoxy groups -OCH3 is 1. The summed E-state index contributed by atoms with van der Waals surface area (Å²) < 4.78 is 7.16. The number of nitrogens with zero attached hydrogens (tertiary/aromatic N) is 4. The molecule has 0 spiro atoms. The zero-order valence-electron chi connectivity index (χ0n) is 11.2. The number of hydrogen-bond donors (Lipinski definition) is 0. The number of aryl methyl sites for hydroxylation is 1. The monoisotopic (exact) mass is 288 g/mol. The summed E-state index contributed by atoms with van der Waals surface area (Å²) in [6, 6.07) is 8.09. The lowest BCUT2D eigenvalue weighted by atomic mass is 10.2. The molecule has 102 valence electrons. The van der Waals surface area contributed by atoms with Crippen LogP contribution in [-0.4, -0.2) is 26.6 Å². The van der Waals surface area contributed by atoms with E-state index in [1.165, 1.54) is 6.33 Å². The van der Waals surface area contributed by atoms with Crippen molar-refractivity contribution >= 4 is 22.8 Å². The third-order valence-corrected chi connectivity index (χ3v) is 3.29. The van der Waals surface area contributed by atoms with Crippen molar-refractivity contribution in [3.05, 3.63) is 42.0 Å². The van der Waals surface area contributed by atoms with Crippen LogP contribution in [0, 0.1) is 6.92 Å². The number of alkyl halides is 1. The number of ether oxygens (including phenoxy) is 1. The van der Waals surface area contributed by atoms with Crippen molar-refractivity contribution in [3.8, 4) is 11.6 Å². The number of rotatable bonds is 3. The summed E-state index contributed by atoms with van der Waals surface area (Å²) in [5.41, 5.74) is 3.44. The molecule has 0 amide bonds. The van der Waals surface area contributed by atoms with Crippen LogP contribution in [0.1, 0.15) is 11.4 Å². The zero-order valence-corrected chi connectivity index (χ0v) is 11.9. The van der Waals surface area contributed by atoms with E-state index in [0.717, 1.165) is 11.3 Å². The lowest BCUT2D eigenvalue weighted by molar-refractivity contribution is 0.401. The molecule has 0 N–H and O–H groups in total. The predicted octanol–water partition coefficient (Wildman–Crippen LogP) is 2.87. The van der Waals surface area contributed by atoms with Crippen molar-refractivity contribution in [2.75, 3.05) is 7.11 Å². The SMILES string of the molecule is COc1ncnc2c1nc(CCl)n2-c1cccc(C)c1. The van der Waals surface area contributed by atoms with Crippen LogP contribution in [0.25, 0.3) is 16.9 Å². The first-order valence-electron chi connectivity index (χ1n) is 6.14. The minimum absolute atomic E-state index is 0.285. The molecule has 0 bridgehead atoms. The quantitative estimate of drug-likeness (QED) is 0.696. The Balaban J connectivity index is 2.34. The highest BCUT2D eigenvalue weighted by atomic mass is 35.5. The van der Waals surface area contributed by atoms with Gasteiger partial charge in [-0.2, -0.15) is 4.98 Å². The van der Waals surface area contributed by atoms with Crippen LogP contribution in [0.3, 0.4) is 0 Å². The minimum Gasteiger partial charge on any atom is -0.479 e. The van der Waals surface area contributed by atoms with Gasteiger partial charge in [0.25, 0.3) is 0 Å². The first kappa shape index (κ1) is 12.9. The average Bonchev–Trinajstić information content (AvgIpc) is 2.85. The van der Waals surface area contributed by atoms with Crippen molar-refractivity contribution in [1.82, 2.24) is 19.5 Å². The highest BCUT2D eigenvalue weighted by Gasteiger charge is 2.16. The molecule has 3 rings (SSSR count). The maximum atomic E-state index is 6.02. The largest absolute Gasteiger partial charge is 0.479 e. The highest BCUT2D eigenvalue weighted by Crippen LogP contribution is 2.26. The Labute approximate surface area is 121 Å². The third-order valence-electron chi connectivity index (χ3n) is 3.05. The van der Waals surface area contributed by atoms with Gasteiger partial charge in [0, 0.05) is 5.69 Å². The van der Waals surface area contributed by atoms with Crippen molar-refractivity contribution in [2.45, 2.75) is 12.8 Å². The van der Waals surface area contributed by atoms with Gasteiger partial charge >= 0.3 is 0 Å².